The third-order valence-corrected chi connectivity index (χ3v) is 4.92. The quantitative estimate of drug-likeness (QED) is 0.245. The van der Waals surface area contributed by atoms with E-state index in [1.165, 1.54) is 18.3 Å². The first-order chi connectivity index (χ1) is 16.3. The molecule has 34 heavy (non-hydrogen) atoms. The summed E-state index contributed by atoms with van der Waals surface area (Å²) in [5.41, 5.74) is 4.44. The molecule has 0 aliphatic rings. The van der Waals surface area contributed by atoms with Crippen LogP contribution in [0.15, 0.2) is 76.3 Å². The van der Waals surface area contributed by atoms with E-state index >= 15 is 0 Å². The Balaban J connectivity index is 1.57. The molecule has 0 unspecified atom stereocenters. The average Bonchev–Trinajstić information content (AvgIpc) is 2.81. The monoisotopic (exact) mass is 526 g/mol. The summed E-state index contributed by atoms with van der Waals surface area (Å²) in [5.74, 6) is -2.45. The summed E-state index contributed by atoms with van der Waals surface area (Å²) in [5, 5.41) is 8.88. The lowest BCUT2D eigenvalue weighted by Crippen LogP contribution is -2.32. The number of aryl methyl sites for hydroxylation is 1. The molecule has 10 heteroatoms. The molecule has 3 N–H and O–H groups in total. The van der Waals surface area contributed by atoms with Gasteiger partial charge in [-0.15, -0.1) is 0 Å². The van der Waals surface area contributed by atoms with Crippen molar-refractivity contribution in [3.8, 4) is 5.75 Å². The fourth-order valence-corrected chi connectivity index (χ4v) is 3.11. The van der Waals surface area contributed by atoms with Crippen LogP contribution >= 0.6 is 15.9 Å². The molecule has 0 bridgehead atoms. The number of nitrogens with zero attached hydrogens (tertiary/aromatic N) is 1. The van der Waals surface area contributed by atoms with E-state index in [0.29, 0.717) is 21.5 Å². The number of nitrogens with one attached hydrogen (secondary N) is 3. The third kappa shape index (κ3) is 7.24. The van der Waals surface area contributed by atoms with Crippen molar-refractivity contribution in [2.24, 2.45) is 5.10 Å². The zero-order chi connectivity index (χ0) is 24.5. The minimum Gasteiger partial charge on any atom is -0.483 e. The maximum atomic E-state index is 12.9. The Bertz CT molecular complexity index is 1230. The Morgan fingerprint density at radius 3 is 2.47 bits per heavy atom. The molecular formula is C24H20BrFN4O4. The lowest BCUT2D eigenvalue weighted by Gasteiger charge is -2.11. The second-order valence-corrected chi connectivity index (χ2v) is 7.91. The summed E-state index contributed by atoms with van der Waals surface area (Å²) in [6.45, 7) is 1.64. The number of carbonyl (C=O) groups excluding carboxylic acids is 3. The zero-order valence-electron chi connectivity index (χ0n) is 18.0. The van der Waals surface area contributed by atoms with E-state index in [9.17, 15) is 18.8 Å². The number of anilines is 2. The molecule has 174 valence electrons. The molecule has 0 spiro atoms. The number of ether oxygens (including phenoxy) is 1. The highest BCUT2D eigenvalue weighted by atomic mass is 79.9. The SMILES string of the molecule is Cc1ccccc1NC(=O)COc1ccc(Br)cc1/C=N\NC(=O)C(=O)Nc1ccc(F)cc1. The van der Waals surface area contributed by atoms with Crippen LogP contribution in [0.2, 0.25) is 0 Å². The van der Waals surface area contributed by atoms with Crippen LogP contribution in [0.4, 0.5) is 15.8 Å². The number of amides is 3. The largest absolute Gasteiger partial charge is 0.483 e. The van der Waals surface area contributed by atoms with Gasteiger partial charge >= 0.3 is 11.8 Å². The molecule has 0 aromatic heterocycles. The predicted molar refractivity (Wildman–Crippen MR) is 130 cm³/mol. The molecule has 3 amide bonds. The number of benzene rings is 3. The minimum atomic E-state index is -1.02. The third-order valence-electron chi connectivity index (χ3n) is 4.43. The fraction of sp³-hybridized carbons (Fsp3) is 0.0833. The van der Waals surface area contributed by atoms with Crippen molar-refractivity contribution in [2.75, 3.05) is 17.2 Å². The van der Waals surface area contributed by atoms with Crippen LogP contribution in [0.25, 0.3) is 0 Å². The number of para-hydroxylation sites is 1. The molecule has 0 fully saturated rings. The Labute approximate surface area is 203 Å². The van der Waals surface area contributed by atoms with Crippen molar-refractivity contribution in [1.82, 2.24) is 5.43 Å². The Hall–Kier alpha value is -4.05. The number of hydrogen-bond acceptors (Lipinski definition) is 5. The van der Waals surface area contributed by atoms with Crippen LogP contribution in [0.5, 0.6) is 5.75 Å². The van der Waals surface area contributed by atoms with E-state index < -0.39 is 17.6 Å². The fourth-order valence-electron chi connectivity index (χ4n) is 2.73. The number of hydrazone groups is 1. The topological polar surface area (TPSA) is 109 Å². The van der Waals surface area contributed by atoms with Gasteiger partial charge in [-0.2, -0.15) is 5.10 Å². The van der Waals surface area contributed by atoms with Gasteiger partial charge in [0.25, 0.3) is 5.91 Å². The molecule has 0 radical (unpaired) electrons. The van der Waals surface area contributed by atoms with Gasteiger partial charge < -0.3 is 15.4 Å². The normalized spacial score (nSPS) is 10.6. The maximum absolute atomic E-state index is 12.9. The van der Waals surface area contributed by atoms with E-state index in [-0.39, 0.29) is 18.2 Å². The first kappa shape index (κ1) is 24.6. The summed E-state index contributed by atoms with van der Waals surface area (Å²) in [4.78, 5) is 36.2. The van der Waals surface area contributed by atoms with Crippen molar-refractivity contribution in [3.63, 3.8) is 0 Å². The summed E-state index contributed by atoms with van der Waals surface area (Å²) < 4.78 is 19.3. The molecule has 8 nitrogen and oxygen atoms in total. The molecule has 0 heterocycles. The van der Waals surface area contributed by atoms with Gasteiger partial charge in [-0.25, -0.2) is 9.82 Å². The second-order valence-electron chi connectivity index (χ2n) is 6.99. The van der Waals surface area contributed by atoms with Crippen LogP contribution in [-0.2, 0) is 14.4 Å². The molecule has 0 aliphatic carbocycles. The van der Waals surface area contributed by atoms with Crippen molar-refractivity contribution >= 4 is 51.2 Å². The summed E-state index contributed by atoms with van der Waals surface area (Å²) in [7, 11) is 0. The molecule has 0 saturated heterocycles. The van der Waals surface area contributed by atoms with Crippen molar-refractivity contribution < 1.29 is 23.5 Å². The van der Waals surface area contributed by atoms with E-state index in [0.717, 1.165) is 17.7 Å². The van der Waals surface area contributed by atoms with E-state index in [4.69, 9.17) is 4.74 Å². The number of carbonyl (C=O) groups is 3. The van der Waals surface area contributed by atoms with Crippen molar-refractivity contribution in [3.05, 3.63) is 88.1 Å². The average molecular weight is 527 g/mol. The van der Waals surface area contributed by atoms with Gasteiger partial charge in [0.15, 0.2) is 6.61 Å². The summed E-state index contributed by atoms with van der Waals surface area (Å²) in [6.07, 6.45) is 1.28. The molecule has 3 aromatic carbocycles. The smallest absolute Gasteiger partial charge is 0.329 e. The molecule has 0 atom stereocenters. The van der Waals surface area contributed by atoms with Gasteiger partial charge in [-0.3, -0.25) is 14.4 Å². The maximum Gasteiger partial charge on any atom is 0.329 e. The van der Waals surface area contributed by atoms with Gasteiger partial charge in [0.05, 0.1) is 6.21 Å². The molecule has 0 saturated carbocycles. The van der Waals surface area contributed by atoms with Gasteiger partial charge in [0.2, 0.25) is 0 Å². The Morgan fingerprint density at radius 2 is 1.74 bits per heavy atom. The molecule has 3 rings (SSSR count). The van der Waals surface area contributed by atoms with E-state index in [1.54, 1.807) is 24.3 Å². The van der Waals surface area contributed by atoms with Crippen LogP contribution in [0.1, 0.15) is 11.1 Å². The van der Waals surface area contributed by atoms with Gasteiger partial charge in [0, 0.05) is 21.4 Å². The van der Waals surface area contributed by atoms with E-state index in [2.05, 4.69) is 37.1 Å². The highest BCUT2D eigenvalue weighted by Gasteiger charge is 2.13. The molecule has 0 aliphatic heterocycles. The van der Waals surface area contributed by atoms with Crippen LogP contribution in [-0.4, -0.2) is 30.5 Å². The number of hydrogen-bond donors (Lipinski definition) is 3. The van der Waals surface area contributed by atoms with Gasteiger partial charge in [0.1, 0.15) is 11.6 Å². The molecule has 3 aromatic rings. The van der Waals surface area contributed by atoms with Crippen molar-refractivity contribution in [2.45, 2.75) is 6.92 Å². The standard InChI is InChI=1S/C24H20BrFN4O4/c1-15-4-2-3-5-20(15)29-22(31)14-34-21-11-6-17(25)12-16(21)13-27-30-24(33)23(32)28-19-9-7-18(26)8-10-19/h2-13H,14H2,1H3,(H,28,32)(H,29,31)(H,30,33)/b27-13-. The highest BCUT2D eigenvalue weighted by Crippen LogP contribution is 2.22. The lowest BCUT2D eigenvalue weighted by molar-refractivity contribution is -0.136. The summed E-state index contributed by atoms with van der Waals surface area (Å²) in [6, 6.07) is 17.4. The Kier molecular flexibility index (Phi) is 8.47. The van der Waals surface area contributed by atoms with Crippen LogP contribution in [0.3, 0.4) is 0 Å². The molecular weight excluding hydrogens is 507 g/mol. The van der Waals surface area contributed by atoms with Crippen molar-refractivity contribution in [1.29, 1.82) is 0 Å². The second kappa shape index (κ2) is 11.7. The van der Waals surface area contributed by atoms with Gasteiger partial charge in [-0.05, 0) is 61.0 Å². The lowest BCUT2D eigenvalue weighted by atomic mass is 10.2. The number of rotatable bonds is 7. The first-order valence-corrected chi connectivity index (χ1v) is 10.8. The summed E-state index contributed by atoms with van der Waals surface area (Å²) >= 11 is 3.34. The van der Waals surface area contributed by atoms with E-state index in [1.807, 2.05) is 25.1 Å². The van der Waals surface area contributed by atoms with Crippen LogP contribution in [0, 0.1) is 12.7 Å². The predicted octanol–water partition coefficient (Wildman–Crippen LogP) is 4.00. The van der Waals surface area contributed by atoms with Gasteiger partial charge in [-0.1, -0.05) is 34.1 Å². The number of halogens is 2. The van der Waals surface area contributed by atoms with Crippen LogP contribution < -0.4 is 20.8 Å². The Morgan fingerprint density at radius 1 is 1.00 bits per heavy atom. The first-order valence-electron chi connectivity index (χ1n) is 9.99. The highest BCUT2D eigenvalue weighted by molar-refractivity contribution is 9.10. The zero-order valence-corrected chi connectivity index (χ0v) is 19.6. The minimum absolute atomic E-state index is 0.247.